The van der Waals surface area contributed by atoms with Gasteiger partial charge in [0.05, 0.1) is 17.7 Å². The molecule has 0 aliphatic carbocycles. The number of hydrogen-bond acceptors (Lipinski definition) is 3. The van der Waals surface area contributed by atoms with Crippen LogP contribution in [-0.2, 0) is 0 Å². The van der Waals surface area contributed by atoms with Crippen molar-refractivity contribution in [3.8, 4) is 6.07 Å². The molecule has 1 saturated heterocycles. The highest BCUT2D eigenvalue weighted by molar-refractivity contribution is 5.38. The molecule has 1 aliphatic rings. The van der Waals surface area contributed by atoms with Gasteiger partial charge >= 0.3 is 0 Å². The summed E-state index contributed by atoms with van der Waals surface area (Å²) < 4.78 is 0. The summed E-state index contributed by atoms with van der Waals surface area (Å²) in [5, 5.41) is 12.6. The van der Waals surface area contributed by atoms with Crippen LogP contribution >= 0.6 is 0 Å². The highest BCUT2D eigenvalue weighted by atomic mass is 15.2. The maximum absolute atomic E-state index is 9.15. The Morgan fingerprint density at radius 2 is 1.67 bits per heavy atom. The number of rotatable bonds is 3. The number of nitrogens with zero attached hydrogens (tertiary/aromatic N) is 2. The lowest BCUT2D eigenvalue weighted by molar-refractivity contribution is 0.198. The molecule has 21 heavy (non-hydrogen) atoms. The van der Waals surface area contributed by atoms with Crippen LogP contribution in [0.3, 0.4) is 0 Å². The Morgan fingerprint density at radius 3 is 2.38 bits per heavy atom. The van der Waals surface area contributed by atoms with E-state index in [9.17, 15) is 0 Å². The van der Waals surface area contributed by atoms with Crippen molar-refractivity contribution in [3.05, 3.63) is 71.3 Å². The maximum atomic E-state index is 9.15. The number of hydrogen-bond donors (Lipinski definition) is 1. The van der Waals surface area contributed by atoms with Gasteiger partial charge < -0.3 is 5.32 Å². The molecule has 3 nitrogen and oxygen atoms in total. The van der Waals surface area contributed by atoms with E-state index in [4.69, 9.17) is 5.26 Å². The summed E-state index contributed by atoms with van der Waals surface area (Å²) in [5.74, 6) is 0. The minimum atomic E-state index is 0.224. The quantitative estimate of drug-likeness (QED) is 0.937. The normalized spacial score (nSPS) is 17.1. The smallest absolute Gasteiger partial charge is 0.0991 e. The lowest BCUT2D eigenvalue weighted by Crippen LogP contribution is -2.45. The van der Waals surface area contributed by atoms with Gasteiger partial charge in [0.15, 0.2) is 0 Å². The van der Waals surface area contributed by atoms with Crippen molar-refractivity contribution in [1.82, 2.24) is 10.2 Å². The molecule has 0 aromatic heterocycles. The van der Waals surface area contributed by atoms with Crippen LogP contribution in [0.2, 0.25) is 0 Å². The fourth-order valence-corrected chi connectivity index (χ4v) is 2.97. The van der Waals surface area contributed by atoms with E-state index in [1.165, 1.54) is 11.1 Å². The van der Waals surface area contributed by atoms with Crippen molar-refractivity contribution in [2.45, 2.75) is 6.04 Å². The van der Waals surface area contributed by atoms with Crippen LogP contribution in [0.4, 0.5) is 0 Å². The monoisotopic (exact) mass is 277 g/mol. The lowest BCUT2D eigenvalue weighted by atomic mass is 9.95. The SMILES string of the molecule is N#Cc1cccc(C(c2ccccc2)N2CCNCC2)c1. The number of piperazine rings is 1. The second-order valence-electron chi connectivity index (χ2n) is 5.34. The molecule has 1 unspecified atom stereocenters. The Morgan fingerprint density at radius 1 is 0.952 bits per heavy atom. The molecule has 1 fully saturated rings. The Labute approximate surface area is 125 Å². The van der Waals surface area contributed by atoms with Crippen molar-refractivity contribution in [2.24, 2.45) is 0 Å². The summed E-state index contributed by atoms with van der Waals surface area (Å²) in [6, 6.07) is 21.0. The van der Waals surface area contributed by atoms with Crippen molar-refractivity contribution >= 4 is 0 Å². The van der Waals surface area contributed by atoms with Crippen molar-refractivity contribution in [1.29, 1.82) is 5.26 Å². The van der Waals surface area contributed by atoms with Crippen molar-refractivity contribution in [2.75, 3.05) is 26.2 Å². The maximum Gasteiger partial charge on any atom is 0.0991 e. The third-order valence-corrected chi connectivity index (χ3v) is 3.96. The van der Waals surface area contributed by atoms with Crippen LogP contribution in [0.15, 0.2) is 54.6 Å². The van der Waals surface area contributed by atoms with Gasteiger partial charge in [-0.25, -0.2) is 0 Å². The third-order valence-electron chi connectivity index (χ3n) is 3.96. The molecule has 0 spiro atoms. The van der Waals surface area contributed by atoms with E-state index in [0.717, 1.165) is 31.7 Å². The van der Waals surface area contributed by atoms with Crippen LogP contribution in [-0.4, -0.2) is 31.1 Å². The van der Waals surface area contributed by atoms with Gasteiger partial charge in [0.2, 0.25) is 0 Å². The largest absolute Gasteiger partial charge is 0.314 e. The van der Waals surface area contributed by atoms with Crippen LogP contribution in [0, 0.1) is 11.3 Å². The summed E-state index contributed by atoms with van der Waals surface area (Å²) in [6.45, 7) is 4.08. The van der Waals surface area contributed by atoms with E-state index in [1.54, 1.807) is 0 Å². The molecule has 2 aromatic carbocycles. The molecule has 0 bridgehead atoms. The average Bonchev–Trinajstić information content (AvgIpc) is 2.57. The first-order valence-electron chi connectivity index (χ1n) is 7.38. The third kappa shape index (κ3) is 3.13. The van der Waals surface area contributed by atoms with Gasteiger partial charge in [-0.3, -0.25) is 4.90 Å². The zero-order valence-corrected chi connectivity index (χ0v) is 12.0. The van der Waals surface area contributed by atoms with Crippen LogP contribution < -0.4 is 5.32 Å². The Hall–Kier alpha value is -2.15. The molecule has 0 radical (unpaired) electrons. The molecule has 1 atom stereocenters. The van der Waals surface area contributed by atoms with Crippen LogP contribution in [0.25, 0.3) is 0 Å². The van der Waals surface area contributed by atoms with Crippen LogP contribution in [0.1, 0.15) is 22.7 Å². The summed E-state index contributed by atoms with van der Waals surface area (Å²) >= 11 is 0. The minimum Gasteiger partial charge on any atom is -0.314 e. The Balaban J connectivity index is 2.00. The van der Waals surface area contributed by atoms with E-state index in [0.29, 0.717) is 0 Å². The van der Waals surface area contributed by atoms with Gasteiger partial charge in [0.1, 0.15) is 0 Å². The molecule has 106 valence electrons. The summed E-state index contributed by atoms with van der Waals surface area (Å²) in [5.41, 5.74) is 3.21. The van der Waals surface area contributed by atoms with Crippen molar-refractivity contribution < 1.29 is 0 Å². The van der Waals surface area contributed by atoms with Gasteiger partial charge in [0, 0.05) is 26.2 Å². The molecule has 1 N–H and O–H groups in total. The van der Waals surface area contributed by atoms with E-state index in [1.807, 2.05) is 24.3 Å². The number of nitriles is 1. The first-order chi connectivity index (χ1) is 10.4. The predicted molar refractivity (Wildman–Crippen MR) is 83.9 cm³/mol. The average molecular weight is 277 g/mol. The van der Waals surface area contributed by atoms with E-state index in [2.05, 4.69) is 46.6 Å². The molecular formula is C18H19N3. The van der Waals surface area contributed by atoms with Gasteiger partial charge in [-0.2, -0.15) is 5.26 Å². The summed E-state index contributed by atoms with van der Waals surface area (Å²) in [6.07, 6.45) is 0. The topological polar surface area (TPSA) is 39.1 Å². The first kappa shape index (κ1) is 13.8. The first-order valence-corrected chi connectivity index (χ1v) is 7.38. The van der Waals surface area contributed by atoms with Gasteiger partial charge in [0.25, 0.3) is 0 Å². The zero-order chi connectivity index (χ0) is 14.5. The van der Waals surface area contributed by atoms with Crippen molar-refractivity contribution in [3.63, 3.8) is 0 Å². The standard InChI is InChI=1S/C18H19N3/c19-14-15-5-4-8-17(13-15)18(16-6-2-1-3-7-16)21-11-9-20-10-12-21/h1-8,13,18,20H,9-12H2. The molecule has 0 saturated carbocycles. The van der Waals surface area contributed by atoms with E-state index < -0.39 is 0 Å². The summed E-state index contributed by atoms with van der Waals surface area (Å²) in [7, 11) is 0. The number of nitrogens with one attached hydrogen (secondary N) is 1. The second kappa shape index (κ2) is 6.53. The highest BCUT2D eigenvalue weighted by Crippen LogP contribution is 2.29. The zero-order valence-electron chi connectivity index (χ0n) is 12.0. The lowest BCUT2D eigenvalue weighted by Gasteiger charge is -2.35. The van der Waals surface area contributed by atoms with Gasteiger partial charge in [-0.15, -0.1) is 0 Å². The molecule has 1 heterocycles. The van der Waals surface area contributed by atoms with E-state index >= 15 is 0 Å². The number of benzene rings is 2. The molecule has 3 rings (SSSR count). The molecule has 3 heteroatoms. The fourth-order valence-electron chi connectivity index (χ4n) is 2.97. The van der Waals surface area contributed by atoms with Gasteiger partial charge in [-0.1, -0.05) is 42.5 Å². The van der Waals surface area contributed by atoms with Gasteiger partial charge in [-0.05, 0) is 23.3 Å². The fraction of sp³-hybridized carbons (Fsp3) is 0.278. The Kier molecular flexibility index (Phi) is 4.30. The molecule has 2 aromatic rings. The van der Waals surface area contributed by atoms with E-state index in [-0.39, 0.29) is 6.04 Å². The van der Waals surface area contributed by atoms with Crippen LogP contribution in [0.5, 0.6) is 0 Å². The molecule has 1 aliphatic heterocycles. The molecular weight excluding hydrogens is 258 g/mol. The summed E-state index contributed by atoms with van der Waals surface area (Å²) in [4.78, 5) is 2.49. The predicted octanol–water partition coefficient (Wildman–Crippen LogP) is 2.55. The minimum absolute atomic E-state index is 0.224. The second-order valence-corrected chi connectivity index (χ2v) is 5.34. The Bertz CT molecular complexity index is 624. The molecule has 0 amide bonds. The highest BCUT2D eigenvalue weighted by Gasteiger charge is 2.23.